The highest BCUT2D eigenvalue weighted by Crippen LogP contribution is 2.47. The molecular weight excluding hydrogens is 956 g/mol. The van der Waals surface area contributed by atoms with Crippen LogP contribution in [0.3, 0.4) is 0 Å². The first-order valence-electron chi connectivity index (χ1n) is 28.7. The van der Waals surface area contributed by atoms with Gasteiger partial charge in [0.1, 0.15) is 42.7 Å². The SMILES string of the molecule is CC/C=C\C/C=C\C/C=C\C/C=C\C/C=C\C/C=C\CCCCCCCOCC(COP(=O)(O)OC1C(O)C(O)C(O)C(O)C1O)OC(=O)CCCCCCCCCC/C=C\C/C=C\C/C=C\CCCCCCC. The van der Waals surface area contributed by atoms with Gasteiger partial charge in [0.05, 0.1) is 13.2 Å². The van der Waals surface area contributed by atoms with Gasteiger partial charge in [0.15, 0.2) is 0 Å². The van der Waals surface area contributed by atoms with E-state index in [0.717, 1.165) is 122 Å². The quantitative estimate of drug-likeness (QED) is 0.0146. The fraction of sp³-hybridized carbons (Fsp3) is 0.689. The lowest BCUT2D eigenvalue weighted by Gasteiger charge is -2.41. The van der Waals surface area contributed by atoms with E-state index in [1.807, 2.05) is 0 Å². The minimum absolute atomic E-state index is 0.100. The topological polar surface area (TPSA) is 192 Å². The van der Waals surface area contributed by atoms with Crippen LogP contribution >= 0.6 is 7.82 Å². The van der Waals surface area contributed by atoms with Crippen LogP contribution in [0.5, 0.6) is 0 Å². The van der Waals surface area contributed by atoms with Crippen molar-refractivity contribution in [2.24, 2.45) is 0 Å². The third kappa shape index (κ3) is 40.3. The van der Waals surface area contributed by atoms with Crippen molar-refractivity contribution in [3.05, 3.63) is 109 Å². The van der Waals surface area contributed by atoms with Gasteiger partial charge in [0.25, 0.3) is 0 Å². The molecule has 0 amide bonds. The summed E-state index contributed by atoms with van der Waals surface area (Å²) in [4.78, 5) is 23.3. The Morgan fingerprint density at radius 2 is 0.797 bits per heavy atom. The average Bonchev–Trinajstić information content (AvgIpc) is 3.39. The molecular formula is C61H103O12P. The Labute approximate surface area is 448 Å². The van der Waals surface area contributed by atoms with Crippen molar-refractivity contribution in [2.75, 3.05) is 19.8 Å². The maximum absolute atomic E-state index is 12.9. The molecule has 0 aliphatic heterocycles. The molecule has 6 unspecified atom stereocenters. The van der Waals surface area contributed by atoms with Gasteiger partial charge in [-0.25, -0.2) is 4.57 Å². The molecule has 0 radical (unpaired) electrons. The fourth-order valence-corrected chi connectivity index (χ4v) is 9.10. The third-order valence-corrected chi connectivity index (χ3v) is 13.6. The van der Waals surface area contributed by atoms with Crippen molar-refractivity contribution in [2.45, 2.75) is 249 Å². The van der Waals surface area contributed by atoms with Gasteiger partial charge in [0.2, 0.25) is 0 Å². The first kappa shape index (κ1) is 69.0. The second-order valence-electron chi connectivity index (χ2n) is 19.4. The van der Waals surface area contributed by atoms with Crippen molar-refractivity contribution in [1.82, 2.24) is 0 Å². The zero-order valence-electron chi connectivity index (χ0n) is 45.8. The van der Waals surface area contributed by atoms with E-state index in [9.17, 15) is 39.8 Å². The maximum atomic E-state index is 12.9. The molecule has 1 rings (SSSR count). The van der Waals surface area contributed by atoms with Crippen LogP contribution in [-0.2, 0) is 27.9 Å². The van der Waals surface area contributed by atoms with E-state index in [1.54, 1.807) is 0 Å². The minimum Gasteiger partial charge on any atom is -0.457 e. The first-order chi connectivity index (χ1) is 36.0. The van der Waals surface area contributed by atoms with Crippen molar-refractivity contribution in [3.63, 3.8) is 0 Å². The van der Waals surface area contributed by atoms with Gasteiger partial charge in [-0.2, -0.15) is 0 Å². The molecule has 0 saturated heterocycles. The Bertz CT molecular complexity index is 1630. The second-order valence-corrected chi connectivity index (χ2v) is 20.8. The molecule has 0 aromatic heterocycles. The summed E-state index contributed by atoms with van der Waals surface area (Å²) in [5.41, 5.74) is 0. The number of phosphoric acid groups is 1. The zero-order valence-corrected chi connectivity index (χ0v) is 46.7. The van der Waals surface area contributed by atoms with Crippen LogP contribution in [0.4, 0.5) is 0 Å². The molecule has 424 valence electrons. The Balaban J connectivity index is 2.34. The van der Waals surface area contributed by atoms with Crippen molar-refractivity contribution >= 4 is 13.8 Å². The van der Waals surface area contributed by atoms with Crippen LogP contribution in [0, 0.1) is 0 Å². The van der Waals surface area contributed by atoms with Gasteiger partial charge in [-0.05, 0) is 103 Å². The first-order valence-corrected chi connectivity index (χ1v) is 30.2. The summed E-state index contributed by atoms with van der Waals surface area (Å²) >= 11 is 0. The number of hydrogen-bond donors (Lipinski definition) is 6. The summed E-state index contributed by atoms with van der Waals surface area (Å²) in [5, 5.41) is 50.4. The van der Waals surface area contributed by atoms with Crippen molar-refractivity contribution in [3.8, 4) is 0 Å². The lowest BCUT2D eigenvalue weighted by molar-refractivity contribution is -0.220. The smallest absolute Gasteiger partial charge is 0.457 e. The predicted molar refractivity (Wildman–Crippen MR) is 304 cm³/mol. The largest absolute Gasteiger partial charge is 0.472 e. The van der Waals surface area contributed by atoms with E-state index >= 15 is 0 Å². The average molecular weight is 1060 g/mol. The third-order valence-electron chi connectivity index (χ3n) is 12.6. The zero-order chi connectivity index (χ0) is 54.0. The molecule has 6 N–H and O–H groups in total. The van der Waals surface area contributed by atoms with Crippen molar-refractivity contribution in [1.29, 1.82) is 0 Å². The molecule has 74 heavy (non-hydrogen) atoms. The predicted octanol–water partition coefficient (Wildman–Crippen LogP) is 14.0. The highest BCUT2D eigenvalue weighted by Gasteiger charge is 2.51. The Morgan fingerprint density at radius 1 is 0.446 bits per heavy atom. The molecule has 0 bridgehead atoms. The van der Waals surface area contributed by atoms with Crippen molar-refractivity contribution < 1.29 is 58.3 Å². The summed E-state index contributed by atoms with van der Waals surface area (Å²) in [5.74, 6) is -0.495. The summed E-state index contributed by atoms with van der Waals surface area (Å²) in [6, 6.07) is 0. The van der Waals surface area contributed by atoms with E-state index in [4.69, 9.17) is 18.5 Å². The summed E-state index contributed by atoms with van der Waals surface area (Å²) < 4.78 is 34.4. The molecule has 13 heteroatoms. The van der Waals surface area contributed by atoms with E-state index in [1.165, 1.54) is 57.8 Å². The van der Waals surface area contributed by atoms with E-state index in [-0.39, 0.29) is 13.0 Å². The van der Waals surface area contributed by atoms with E-state index in [0.29, 0.717) is 13.0 Å². The molecule has 1 aliphatic carbocycles. The summed E-state index contributed by atoms with van der Waals surface area (Å²) in [6.45, 7) is 4.09. The molecule has 0 aromatic rings. The Morgan fingerprint density at radius 3 is 1.22 bits per heavy atom. The van der Waals surface area contributed by atoms with Gasteiger partial charge in [-0.15, -0.1) is 0 Å². The number of allylic oxidation sites excluding steroid dienone is 18. The number of unbranched alkanes of at least 4 members (excludes halogenated alkanes) is 18. The number of carbonyl (C=O) groups excluding carboxylic acids is 1. The molecule has 1 aliphatic rings. The second kappa shape index (κ2) is 49.6. The number of carbonyl (C=O) groups is 1. The van der Waals surface area contributed by atoms with Crippen LogP contribution in [0.25, 0.3) is 0 Å². The summed E-state index contributed by atoms with van der Waals surface area (Å²) in [6.07, 6.45) is 58.6. The molecule has 0 spiro atoms. The van der Waals surface area contributed by atoms with Crippen LogP contribution in [0.2, 0.25) is 0 Å². The standard InChI is InChI=1S/C61H103O12P/c1-3-5-7-9-11-13-15-17-19-21-23-25-27-29-31-33-35-37-39-41-43-45-47-49-51-70-52-54(53-71-74(68,69)73-61-59(66)57(64)56(63)58(65)60(61)67)72-55(62)50-48-46-44-42-40-38-36-34-32-30-28-26-24-22-20-18-16-14-12-10-8-6-4-2/h5,7,11,13,16-19,22-25,28-31,35,37,54,56-61,63-67H,3-4,6,8-10,12,14-15,20-21,26-27,32-34,36,38-53H2,1-2H3,(H,68,69)/b7-5-,13-11-,18-16-,19-17-,24-22-,25-23-,30-28-,31-29-,37-35-. The van der Waals surface area contributed by atoms with Crippen LogP contribution in [-0.4, -0.2) is 98.9 Å². The van der Waals surface area contributed by atoms with Gasteiger partial charge >= 0.3 is 13.8 Å². The van der Waals surface area contributed by atoms with Gasteiger partial charge in [0, 0.05) is 13.0 Å². The molecule has 6 atom stereocenters. The van der Waals surface area contributed by atoms with E-state index in [2.05, 4.69) is 123 Å². The monoisotopic (exact) mass is 1060 g/mol. The fourth-order valence-electron chi connectivity index (χ4n) is 8.13. The van der Waals surface area contributed by atoms with Crippen LogP contribution < -0.4 is 0 Å². The number of ether oxygens (including phenoxy) is 2. The Kier molecular flexibility index (Phi) is 46.2. The number of aliphatic hydroxyl groups is 5. The highest BCUT2D eigenvalue weighted by molar-refractivity contribution is 7.47. The molecule has 0 heterocycles. The molecule has 1 saturated carbocycles. The number of hydrogen-bond acceptors (Lipinski definition) is 11. The molecule has 1 fully saturated rings. The highest BCUT2D eigenvalue weighted by atomic mass is 31.2. The number of esters is 1. The normalized spacial score (nSPS) is 21.2. The lowest BCUT2D eigenvalue weighted by Crippen LogP contribution is -2.64. The van der Waals surface area contributed by atoms with Crippen LogP contribution in [0.1, 0.15) is 206 Å². The van der Waals surface area contributed by atoms with Gasteiger partial charge in [-0.1, -0.05) is 207 Å². The number of rotatable bonds is 48. The van der Waals surface area contributed by atoms with Gasteiger partial charge < -0.3 is 39.9 Å². The summed E-state index contributed by atoms with van der Waals surface area (Å²) in [7, 11) is -5.04. The number of phosphoric ester groups is 1. The maximum Gasteiger partial charge on any atom is 0.472 e. The number of aliphatic hydroxyl groups excluding tert-OH is 5. The lowest BCUT2D eigenvalue weighted by atomic mass is 9.85. The van der Waals surface area contributed by atoms with E-state index < -0.39 is 63.1 Å². The van der Waals surface area contributed by atoms with Gasteiger partial charge in [-0.3, -0.25) is 13.8 Å². The minimum atomic E-state index is -5.04. The Hall–Kier alpha value is -3.00. The van der Waals surface area contributed by atoms with Crippen LogP contribution in [0.15, 0.2) is 109 Å². The molecule has 12 nitrogen and oxygen atoms in total. The molecule has 0 aromatic carbocycles.